The zero-order chi connectivity index (χ0) is 17.6. The van der Waals surface area contributed by atoms with Crippen LogP contribution >= 0.6 is 11.6 Å². The molecule has 2 aromatic rings. The molecule has 1 saturated heterocycles. The summed E-state index contributed by atoms with van der Waals surface area (Å²) in [6, 6.07) is 13.6. The molecule has 1 heterocycles. The van der Waals surface area contributed by atoms with Gasteiger partial charge in [-0.25, -0.2) is 0 Å². The predicted molar refractivity (Wildman–Crippen MR) is 97.2 cm³/mol. The molecule has 0 aromatic heterocycles. The van der Waals surface area contributed by atoms with Crippen LogP contribution in [0.1, 0.15) is 33.6 Å². The topological polar surface area (TPSA) is 67.4 Å². The molecule has 0 radical (unpaired) electrons. The second-order valence-electron chi connectivity index (χ2n) is 5.86. The van der Waals surface area contributed by atoms with E-state index in [1.165, 1.54) is 0 Å². The van der Waals surface area contributed by atoms with E-state index in [4.69, 9.17) is 16.3 Å². The molecule has 0 aliphatic carbocycles. The number of halogens is 1. The highest BCUT2D eigenvalue weighted by molar-refractivity contribution is 6.31. The molecule has 130 valence electrons. The van der Waals surface area contributed by atoms with Crippen LogP contribution < -0.4 is 10.6 Å². The third-order valence-electron chi connectivity index (χ3n) is 4.02. The number of carbonyl (C=O) groups excluding carboxylic acids is 2. The fraction of sp³-hybridized carbons (Fsp3) is 0.263. The van der Waals surface area contributed by atoms with Gasteiger partial charge in [-0.05, 0) is 43.2 Å². The minimum Gasteiger partial charge on any atom is -0.376 e. The number of benzene rings is 2. The van der Waals surface area contributed by atoms with Crippen LogP contribution in [-0.4, -0.2) is 31.1 Å². The molecule has 5 nitrogen and oxygen atoms in total. The van der Waals surface area contributed by atoms with Crippen LogP contribution in [0.2, 0.25) is 5.02 Å². The Bertz CT molecular complexity index is 773. The fourth-order valence-corrected chi connectivity index (χ4v) is 2.91. The largest absolute Gasteiger partial charge is 0.376 e. The lowest BCUT2D eigenvalue weighted by molar-refractivity contribution is 0.0858. The number of carbonyl (C=O) groups is 2. The maximum atomic E-state index is 12.5. The van der Waals surface area contributed by atoms with E-state index in [0.29, 0.717) is 28.4 Å². The summed E-state index contributed by atoms with van der Waals surface area (Å²) in [5.41, 5.74) is 1.30. The average Bonchev–Trinajstić information content (AvgIpc) is 3.13. The van der Waals surface area contributed by atoms with Crippen molar-refractivity contribution in [3.63, 3.8) is 0 Å². The molecule has 25 heavy (non-hydrogen) atoms. The van der Waals surface area contributed by atoms with Crippen molar-refractivity contribution in [1.29, 1.82) is 0 Å². The third kappa shape index (κ3) is 4.59. The van der Waals surface area contributed by atoms with Crippen LogP contribution in [0.4, 0.5) is 5.69 Å². The summed E-state index contributed by atoms with van der Waals surface area (Å²) in [6.45, 7) is 1.21. The summed E-state index contributed by atoms with van der Waals surface area (Å²) in [7, 11) is 0. The molecule has 3 rings (SSSR count). The Hall–Kier alpha value is -2.37. The number of para-hydroxylation sites is 1. The van der Waals surface area contributed by atoms with Crippen LogP contribution in [-0.2, 0) is 4.74 Å². The number of anilines is 1. The van der Waals surface area contributed by atoms with E-state index in [-0.39, 0.29) is 17.9 Å². The molecule has 1 aliphatic rings. The van der Waals surface area contributed by atoms with Crippen LogP contribution in [0, 0.1) is 0 Å². The van der Waals surface area contributed by atoms with Gasteiger partial charge in [0.1, 0.15) is 0 Å². The smallest absolute Gasteiger partial charge is 0.255 e. The van der Waals surface area contributed by atoms with Crippen LogP contribution in [0.5, 0.6) is 0 Å². The number of nitrogens with one attached hydrogen (secondary N) is 2. The lowest BCUT2D eigenvalue weighted by atomic mass is 10.1. The van der Waals surface area contributed by atoms with Gasteiger partial charge in [-0.3, -0.25) is 9.59 Å². The van der Waals surface area contributed by atoms with Crippen LogP contribution in [0.25, 0.3) is 0 Å². The minimum atomic E-state index is -0.318. The summed E-state index contributed by atoms with van der Waals surface area (Å²) in [5.74, 6) is -0.556. The lowest BCUT2D eigenvalue weighted by Crippen LogP contribution is -2.32. The zero-order valence-corrected chi connectivity index (χ0v) is 14.4. The van der Waals surface area contributed by atoms with E-state index in [2.05, 4.69) is 10.6 Å². The summed E-state index contributed by atoms with van der Waals surface area (Å²) in [5, 5.41) is 6.12. The Balaban J connectivity index is 1.69. The number of rotatable bonds is 5. The lowest BCUT2D eigenvalue weighted by Gasteiger charge is -2.14. The second-order valence-corrected chi connectivity index (χ2v) is 6.29. The number of hydrogen-bond donors (Lipinski definition) is 2. The fourth-order valence-electron chi connectivity index (χ4n) is 2.72. The molecular formula is C19H19ClN2O3. The van der Waals surface area contributed by atoms with Crippen LogP contribution in [0.3, 0.4) is 0 Å². The Kier molecular flexibility index (Phi) is 5.68. The van der Waals surface area contributed by atoms with Gasteiger partial charge < -0.3 is 15.4 Å². The molecule has 1 aliphatic heterocycles. The molecule has 0 saturated carbocycles. The van der Waals surface area contributed by atoms with Gasteiger partial charge in [-0.2, -0.15) is 0 Å². The molecule has 0 bridgehead atoms. The highest BCUT2D eigenvalue weighted by Crippen LogP contribution is 2.18. The van der Waals surface area contributed by atoms with Crippen molar-refractivity contribution in [3.05, 3.63) is 64.7 Å². The maximum absolute atomic E-state index is 12.5. The highest BCUT2D eigenvalue weighted by Gasteiger charge is 2.18. The average molecular weight is 359 g/mol. The Labute approximate surface area is 151 Å². The van der Waals surface area contributed by atoms with Crippen molar-refractivity contribution in [2.24, 2.45) is 0 Å². The van der Waals surface area contributed by atoms with E-state index in [9.17, 15) is 9.59 Å². The van der Waals surface area contributed by atoms with E-state index >= 15 is 0 Å². The number of amides is 2. The molecule has 1 fully saturated rings. The SMILES string of the molecule is O=C(Nc1ccccc1C(=O)NCC1CCCO1)c1cccc(Cl)c1. The Morgan fingerprint density at radius 3 is 2.72 bits per heavy atom. The molecule has 0 spiro atoms. The minimum absolute atomic E-state index is 0.0668. The van der Waals surface area contributed by atoms with Gasteiger partial charge in [-0.15, -0.1) is 0 Å². The van der Waals surface area contributed by atoms with Crippen molar-refractivity contribution in [3.8, 4) is 0 Å². The van der Waals surface area contributed by atoms with Crippen molar-refractivity contribution >= 4 is 29.1 Å². The molecule has 2 amide bonds. The van der Waals surface area contributed by atoms with Gasteiger partial charge in [0.05, 0.1) is 17.4 Å². The molecule has 1 atom stereocenters. The van der Waals surface area contributed by atoms with Gasteiger partial charge in [-0.1, -0.05) is 29.8 Å². The van der Waals surface area contributed by atoms with Crippen molar-refractivity contribution in [2.45, 2.75) is 18.9 Å². The van der Waals surface area contributed by atoms with Crippen LogP contribution in [0.15, 0.2) is 48.5 Å². The van der Waals surface area contributed by atoms with Gasteiger partial charge in [0.2, 0.25) is 0 Å². The quantitative estimate of drug-likeness (QED) is 0.859. The predicted octanol–water partition coefficient (Wildman–Crippen LogP) is 3.50. The first kappa shape index (κ1) is 17.5. The highest BCUT2D eigenvalue weighted by atomic mass is 35.5. The molecule has 6 heteroatoms. The van der Waals surface area contributed by atoms with Gasteiger partial charge in [0.25, 0.3) is 11.8 Å². The Morgan fingerprint density at radius 2 is 1.96 bits per heavy atom. The van der Waals surface area contributed by atoms with Gasteiger partial charge >= 0.3 is 0 Å². The summed E-state index contributed by atoms with van der Waals surface area (Å²) in [6.07, 6.45) is 2.04. The summed E-state index contributed by atoms with van der Waals surface area (Å²) < 4.78 is 5.51. The monoisotopic (exact) mass is 358 g/mol. The first-order valence-corrected chi connectivity index (χ1v) is 8.57. The van der Waals surface area contributed by atoms with Gasteiger partial charge in [0.15, 0.2) is 0 Å². The summed E-state index contributed by atoms with van der Waals surface area (Å²) in [4.78, 5) is 24.8. The number of ether oxygens (including phenoxy) is 1. The molecule has 1 unspecified atom stereocenters. The van der Waals surface area contributed by atoms with Gasteiger partial charge in [0, 0.05) is 23.7 Å². The van der Waals surface area contributed by atoms with Crippen molar-refractivity contribution in [2.75, 3.05) is 18.5 Å². The first-order chi connectivity index (χ1) is 12.1. The standard InChI is InChI=1S/C19H19ClN2O3/c20-14-6-3-5-13(11-14)18(23)22-17-9-2-1-8-16(17)19(24)21-12-15-7-4-10-25-15/h1-3,5-6,8-9,11,15H,4,7,10,12H2,(H,21,24)(H,22,23). The normalized spacial score (nSPS) is 16.4. The second kappa shape index (κ2) is 8.14. The van der Waals surface area contributed by atoms with Crippen molar-refractivity contribution < 1.29 is 14.3 Å². The van der Waals surface area contributed by atoms with E-state index < -0.39 is 0 Å². The van der Waals surface area contributed by atoms with Crippen molar-refractivity contribution in [1.82, 2.24) is 5.32 Å². The van der Waals surface area contributed by atoms with E-state index in [1.54, 1.807) is 48.5 Å². The number of hydrogen-bond acceptors (Lipinski definition) is 3. The zero-order valence-electron chi connectivity index (χ0n) is 13.6. The summed E-state index contributed by atoms with van der Waals surface area (Å²) >= 11 is 5.92. The molecular weight excluding hydrogens is 340 g/mol. The molecule has 2 aromatic carbocycles. The van der Waals surface area contributed by atoms with E-state index in [0.717, 1.165) is 19.4 Å². The van der Waals surface area contributed by atoms with E-state index in [1.807, 2.05) is 0 Å². The maximum Gasteiger partial charge on any atom is 0.255 e. The molecule has 2 N–H and O–H groups in total. The first-order valence-electron chi connectivity index (χ1n) is 8.19. The third-order valence-corrected chi connectivity index (χ3v) is 4.26. The Morgan fingerprint density at radius 1 is 1.12 bits per heavy atom.